The van der Waals surface area contributed by atoms with Crippen molar-refractivity contribution in [2.24, 2.45) is 11.8 Å². The van der Waals surface area contributed by atoms with E-state index in [0.29, 0.717) is 65.4 Å². The number of phenolic OH excluding ortho intramolecular Hbond substituents is 1. The van der Waals surface area contributed by atoms with Gasteiger partial charge in [0.05, 0.1) is 29.7 Å². The topological polar surface area (TPSA) is 106 Å². The Morgan fingerprint density at radius 3 is 2.59 bits per heavy atom. The highest BCUT2D eigenvalue weighted by Crippen LogP contribution is 2.46. The molecule has 37 heavy (non-hydrogen) atoms. The van der Waals surface area contributed by atoms with E-state index < -0.39 is 6.17 Å². The number of hydrogen-bond donors (Lipinski definition) is 1. The Hall–Kier alpha value is -3.56. The van der Waals surface area contributed by atoms with Gasteiger partial charge in [0.15, 0.2) is 11.6 Å². The third-order valence-corrected chi connectivity index (χ3v) is 8.13. The normalized spacial score (nSPS) is 26.5. The molecule has 0 amide bonds. The Morgan fingerprint density at radius 1 is 0.946 bits per heavy atom. The van der Waals surface area contributed by atoms with Crippen molar-refractivity contribution in [3.8, 4) is 40.2 Å². The van der Waals surface area contributed by atoms with Crippen LogP contribution in [0.1, 0.15) is 44.9 Å². The van der Waals surface area contributed by atoms with E-state index in [0.717, 1.165) is 38.5 Å². The standard InChI is InChI=1S/C27H29FN6O3/c28-24-17-3-1-2-15(10-17)11-21(24)34(18-5-6-18)23-14-29-25(33-32-23)19-7-4-16(12-22(19)35)20-13-30-26-27(31-20)37-9-8-36-26/h4,7,12-15,17-18,21,24,35H,1-3,5-6,8-11H2/t15-,17+,21+,24-/m0/s1. The Balaban J connectivity index is 1.13. The third-order valence-electron chi connectivity index (χ3n) is 8.13. The Bertz CT molecular complexity index is 1300. The van der Waals surface area contributed by atoms with Gasteiger partial charge in [-0.1, -0.05) is 18.9 Å². The maximum absolute atomic E-state index is 15.5. The summed E-state index contributed by atoms with van der Waals surface area (Å²) < 4.78 is 26.5. The largest absolute Gasteiger partial charge is 0.507 e. The maximum Gasteiger partial charge on any atom is 0.278 e. The van der Waals surface area contributed by atoms with Crippen molar-refractivity contribution in [1.29, 1.82) is 0 Å². The monoisotopic (exact) mass is 504 g/mol. The van der Waals surface area contributed by atoms with Gasteiger partial charge in [-0.3, -0.25) is 0 Å². The summed E-state index contributed by atoms with van der Waals surface area (Å²) in [6, 6.07) is 5.30. The first-order chi connectivity index (χ1) is 18.1. The van der Waals surface area contributed by atoms with Crippen molar-refractivity contribution >= 4 is 5.82 Å². The first-order valence-electron chi connectivity index (χ1n) is 13.2. The molecule has 9 nitrogen and oxygen atoms in total. The van der Waals surface area contributed by atoms with Gasteiger partial charge < -0.3 is 19.5 Å². The molecule has 2 aromatic heterocycles. The first kappa shape index (κ1) is 22.6. The molecule has 3 heterocycles. The van der Waals surface area contributed by atoms with E-state index in [9.17, 15) is 5.11 Å². The van der Waals surface area contributed by atoms with Gasteiger partial charge in [-0.25, -0.2) is 19.3 Å². The van der Waals surface area contributed by atoms with Crippen LogP contribution in [0.4, 0.5) is 10.2 Å². The van der Waals surface area contributed by atoms with Crippen molar-refractivity contribution in [3.63, 3.8) is 0 Å². The molecule has 0 spiro atoms. The molecular weight excluding hydrogens is 475 g/mol. The molecule has 0 radical (unpaired) electrons. The number of halogens is 1. The van der Waals surface area contributed by atoms with Crippen LogP contribution in [0.3, 0.4) is 0 Å². The Kier molecular flexibility index (Phi) is 5.55. The fourth-order valence-electron chi connectivity index (χ4n) is 6.23. The van der Waals surface area contributed by atoms with Crippen molar-refractivity contribution in [2.75, 3.05) is 18.1 Å². The minimum absolute atomic E-state index is 0.00622. The molecule has 0 unspecified atom stereocenters. The predicted octanol–water partition coefficient (Wildman–Crippen LogP) is 4.36. The molecule has 3 aromatic rings. The number of aromatic nitrogens is 5. The summed E-state index contributed by atoms with van der Waals surface area (Å²) in [6.07, 6.45) is 9.76. The summed E-state index contributed by atoms with van der Waals surface area (Å²) in [4.78, 5) is 15.4. The zero-order chi connectivity index (χ0) is 24.9. The number of benzene rings is 1. The summed E-state index contributed by atoms with van der Waals surface area (Å²) in [5, 5.41) is 19.6. The number of fused-ring (bicyclic) bond motifs is 3. The van der Waals surface area contributed by atoms with E-state index >= 15 is 4.39 Å². The van der Waals surface area contributed by atoms with Crippen LogP contribution in [-0.2, 0) is 0 Å². The van der Waals surface area contributed by atoms with Gasteiger partial charge in [0.25, 0.3) is 11.8 Å². The second kappa shape index (κ2) is 9.08. The van der Waals surface area contributed by atoms with E-state index in [1.165, 1.54) is 6.42 Å². The number of ether oxygens (including phenoxy) is 2. The van der Waals surface area contributed by atoms with E-state index in [-0.39, 0.29) is 17.7 Å². The van der Waals surface area contributed by atoms with Crippen molar-refractivity contribution < 1.29 is 19.0 Å². The fraction of sp³-hybridized carbons (Fsp3) is 0.519. The molecular formula is C27H29FN6O3. The zero-order valence-corrected chi connectivity index (χ0v) is 20.5. The third kappa shape index (κ3) is 4.22. The zero-order valence-electron chi connectivity index (χ0n) is 20.5. The highest BCUT2D eigenvalue weighted by molar-refractivity contribution is 5.71. The van der Waals surface area contributed by atoms with E-state index in [2.05, 4.69) is 30.0 Å². The number of phenols is 1. The van der Waals surface area contributed by atoms with Gasteiger partial charge in [-0.15, -0.1) is 10.2 Å². The molecule has 7 rings (SSSR count). The van der Waals surface area contributed by atoms with E-state index in [4.69, 9.17) is 9.47 Å². The average Bonchev–Trinajstić information content (AvgIpc) is 3.77. The van der Waals surface area contributed by atoms with Crippen LogP contribution in [0.15, 0.2) is 30.6 Å². The van der Waals surface area contributed by atoms with Crippen molar-refractivity contribution in [3.05, 3.63) is 30.6 Å². The van der Waals surface area contributed by atoms with E-state index in [1.54, 1.807) is 24.5 Å². The lowest BCUT2D eigenvalue weighted by Gasteiger charge is -2.46. The first-order valence-corrected chi connectivity index (χ1v) is 13.2. The van der Waals surface area contributed by atoms with Gasteiger partial charge >= 0.3 is 0 Å². The lowest BCUT2D eigenvalue weighted by molar-refractivity contribution is 0.0631. The lowest BCUT2D eigenvalue weighted by atomic mass is 9.69. The molecule has 3 fully saturated rings. The summed E-state index contributed by atoms with van der Waals surface area (Å²) in [6.45, 7) is 0.861. The number of anilines is 1. The minimum atomic E-state index is -0.834. The number of rotatable bonds is 5. The quantitative estimate of drug-likeness (QED) is 0.542. The lowest BCUT2D eigenvalue weighted by Crippen LogP contribution is -2.52. The van der Waals surface area contributed by atoms with Gasteiger partial charge in [0.2, 0.25) is 0 Å². The van der Waals surface area contributed by atoms with Gasteiger partial charge in [0.1, 0.15) is 25.1 Å². The molecule has 4 atom stereocenters. The second-order valence-corrected chi connectivity index (χ2v) is 10.6. The molecule has 0 saturated heterocycles. The fourth-order valence-corrected chi connectivity index (χ4v) is 6.23. The SMILES string of the molecule is Oc1cc(-c2cnc3c(n2)OCCO3)ccc1-c1ncc(N(C2CC2)[C@@H]2C[C@H]3CCC[C@H](C3)[C@@H]2F)nn1. The van der Waals surface area contributed by atoms with Crippen LogP contribution in [-0.4, -0.2) is 61.7 Å². The summed E-state index contributed by atoms with van der Waals surface area (Å²) in [5.74, 6) is 2.42. The number of alkyl halides is 1. The molecule has 192 valence electrons. The van der Waals surface area contributed by atoms with Gasteiger partial charge in [-0.05, 0) is 56.1 Å². The Labute approximate surface area is 214 Å². The number of aromatic hydroxyl groups is 1. The molecule has 10 heteroatoms. The van der Waals surface area contributed by atoms with Gasteiger partial charge in [-0.2, -0.15) is 0 Å². The molecule has 2 bridgehead atoms. The van der Waals surface area contributed by atoms with Crippen molar-refractivity contribution in [2.45, 2.75) is 63.2 Å². The van der Waals surface area contributed by atoms with Crippen LogP contribution >= 0.6 is 0 Å². The van der Waals surface area contributed by atoms with Gasteiger partial charge in [0, 0.05) is 11.6 Å². The smallest absolute Gasteiger partial charge is 0.278 e. The summed E-state index contributed by atoms with van der Waals surface area (Å²) in [5.41, 5.74) is 1.69. The van der Waals surface area contributed by atoms with Crippen LogP contribution in [0, 0.1) is 11.8 Å². The van der Waals surface area contributed by atoms with Crippen LogP contribution in [0.5, 0.6) is 17.5 Å². The molecule has 4 aliphatic rings. The van der Waals surface area contributed by atoms with Crippen LogP contribution in [0.25, 0.3) is 22.6 Å². The molecule has 1 aromatic carbocycles. The second-order valence-electron chi connectivity index (χ2n) is 10.6. The maximum atomic E-state index is 15.5. The van der Waals surface area contributed by atoms with Crippen LogP contribution < -0.4 is 14.4 Å². The highest BCUT2D eigenvalue weighted by atomic mass is 19.1. The molecule has 1 aliphatic heterocycles. The minimum Gasteiger partial charge on any atom is -0.507 e. The predicted molar refractivity (Wildman–Crippen MR) is 133 cm³/mol. The van der Waals surface area contributed by atoms with E-state index in [1.807, 2.05) is 6.07 Å². The number of nitrogens with zero attached hydrogens (tertiary/aromatic N) is 6. The molecule has 1 N–H and O–H groups in total. The Morgan fingerprint density at radius 2 is 1.81 bits per heavy atom. The highest BCUT2D eigenvalue weighted by Gasteiger charge is 2.46. The molecule has 3 saturated carbocycles. The average molecular weight is 505 g/mol. The summed E-state index contributed by atoms with van der Waals surface area (Å²) in [7, 11) is 0. The molecule has 3 aliphatic carbocycles. The van der Waals surface area contributed by atoms with Crippen molar-refractivity contribution in [1.82, 2.24) is 25.1 Å². The van der Waals surface area contributed by atoms with Crippen LogP contribution in [0.2, 0.25) is 0 Å². The summed E-state index contributed by atoms with van der Waals surface area (Å²) >= 11 is 0. The number of hydrogen-bond acceptors (Lipinski definition) is 9.